The molecule has 3 rings (SSSR count). The summed E-state index contributed by atoms with van der Waals surface area (Å²) in [7, 11) is 0. The summed E-state index contributed by atoms with van der Waals surface area (Å²) >= 11 is 0. The Labute approximate surface area is 121 Å². The molecular weight excluding hydrogens is 258 g/mol. The Balaban J connectivity index is 0.00000133. The molecule has 0 saturated carbocycles. The molecule has 19 heavy (non-hydrogen) atoms. The number of piperidine rings is 1. The van der Waals surface area contributed by atoms with Crippen molar-refractivity contribution < 1.29 is 4.42 Å². The summed E-state index contributed by atoms with van der Waals surface area (Å²) in [4.78, 5) is 2.55. The van der Waals surface area contributed by atoms with Crippen LogP contribution in [0, 0.1) is 0 Å². The van der Waals surface area contributed by atoms with Gasteiger partial charge < -0.3 is 9.32 Å². The molecule has 0 bridgehead atoms. The van der Waals surface area contributed by atoms with E-state index < -0.39 is 0 Å². The Morgan fingerprint density at radius 2 is 1.84 bits per heavy atom. The van der Waals surface area contributed by atoms with Crippen molar-refractivity contribution in [3.8, 4) is 0 Å². The Hall–Kier alpha value is -0.990. The standard InChI is InChI=1S/C16H21NO.ClH/c1-12(2)17-9-7-13(8-10-17)16-11-14-5-3-4-6-15(14)18-16;/h3-6,11-13H,7-10H2,1-2H3;1H. The van der Waals surface area contributed by atoms with Crippen molar-refractivity contribution in [2.75, 3.05) is 13.1 Å². The van der Waals surface area contributed by atoms with E-state index in [-0.39, 0.29) is 12.4 Å². The van der Waals surface area contributed by atoms with E-state index in [1.807, 2.05) is 6.07 Å². The van der Waals surface area contributed by atoms with Gasteiger partial charge in [-0.25, -0.2) is 0 Å². The van der Waals surface area contributed by atoms with Gasteiger partial charge in [0.25, 0.3) is 0 Å². The van der Waals surface area contributed by atoms with Gasteiger partial charge in [-0.05, 0) is 51.9 Å². The van der Waals surface area contributed by atoms with Crippen molar-refractivity contribution in [2.24, 2.45) is 0 Å². The first-order valence-electron chi connectivity index (χ1n) is 6.96. The lowest BCUT2D eigenvalue weighted by molar-refractivity contribution is 0.165. The number of likely N-dealkylation sites (tertiary alicyclic amines) is 1. The number of hydrogen-bond donors (Lipinski definition) is 0. The molecule has 2 nitrogen and oxygen atoms in total. The number of fused-ring (bicyclic) bond motifs is 1. The van der Waals surface area contributed by atoms with Crippen LogP contribution < -0.4 is 0 Å². The summed E-state index contributed by atoms with van der Waals surface area (Å²) in [5, 5.41) is 1.23. The Morgan fingerprint density at radius 1 is 1.16 bits per heavy atom. The number of nitrogens with zero attached hydrogens (tertiary/aromatic N) is 1. The van der Waals surface area contributed by atoms with E-state index in [2.05, 4.69) is 43.0 Å². The highest BCUT2D eigenvalue weighted by atomic mass is 35.5. The summed E-state index contributed by atoms with van der Waals surface area (Å²) < 4.78 is 5.98. The number of hydrogen-bond acceptors (Lipinski definition) is 2. The minimum absolute atomic E-state index is 0. The summed E-state index contributed by atoms with van der Waals surface area (Å²) in [6, 6.07) is 11.2. The van der Waals surface area contributed by atoms with Crippen LogP contribution in [0.1, 0.15) is 38.4 Å². The Morgan fingerprint density at radius 3 is 2.47 bits per heavy atom. The molecule has 0 radical (unpaired) electrons. The van der Waals surface area contributed by atoms with Gasteiger partial charge in [-0.1, -0.05) is 18.2 Å². The molecule has 2 heterocycles. The van der Waals surface area contributed by atoms with Crippen LogP contribution in [0.15, 0.2) is 34.7 Å². The van der Waals surface area contributed by atoms with Crippen LogP contribution in [-0.2, 0) is 0 Å². The monoisotopic (exact) mass is 279 g/mol. The molecule has 1 saturated heterocycles. The molecule has 0 spiro atoms. The maximum atomic E-state index is 5.98. The summed E-state index contributed by atoms with van der Waals surface area (Å²) in [6.07, 6.45) is 2.44. The van der Waals surface area contributed by atoms with E-state index >= 15 is 0 Å². The summed E-state index contributed by atoms with van der Waals surface area (Å²) in [6.45, 7) is 6.95. The average molecular weight is 280 g/mol. The van der Waals surface area contributed by atoms with E-state index in [4.69, 9.17) is 4.42 Å². The third kappa shape index (κ3) is 2.96. The lowest BCUT2D eigenvalue weighted by atomic mass is 9.93. The third-order valence-corrected chi connectivity index (χ3v) is 4.11. The fourth-order valence-corrected chi connectivity index (χ4v) is 2.90. The largest absolute Gasteiger partial charge is 0.461 e. The van der Waals surface area contributed by atoms with Crippen molar-refractivity contribution in [3.63, 3.8) is 0 Å². The van der Waals surface area contributed by atoms with Gasteiger partial charge in [-0.2, -0.15) is 0 Å². The molecule has 1 aliphatic heterocycles. The zero-order valence-corrected chi connectivity index (χ0v) is 12.5. The SMILES string of the molecule is CC(C)N1CCC(c2cc3ccccc3o2)CC1.Cl. The van der Waals surface area contributed by atoms with Crippen LogP contribution >= 0.6 is 12.4 Å². The second-order valence-electron chi connectivity index (χ2n) is 5.59. The van der Waals surface area contributed by atoms with Gasteiger partial charge >= 0.3 is 0 Å². The maximum absolute atomic E-state index is 5.98. The Bertz CT molecular complexity index is 493. The van der Waals surface area contributed by atoms with Crippen LogP contribution in [0.2, 0.25) is 0 Å². The second-order valence-corrected chi connectivity index (χ2v) is 5.59. The number of benzene rings is 1. The van der Waals surface area contributed by atoms with Crippen LogP contribution in [-0.4, -0.2) is 24.0 Å². The van der Waals surface area contributed by atoms with Gasteiger partial charge in [-0.15, -0.1) is 12.4 Å². The smallest absolute Gasteiger partial charge is 0.134 e. The average Bonchev–Trinajstić information content (AvgIpc) is 2.82. The molecule has 0 amide bonds. The molecular formula is C16H22ClNO. The zero-order chi connectivity index (χ0) is 12.5. The third-order valence-electron chi connectivity index (χ3n) is 4.11. The highest BCUT2D eigenvalue weighted by Crippen LogP contribution is 2.32. The second kappa shape index (κ2) is 5.98. The predicted molar refractivity (Wildman–Crippen MR) is 82.1 cm³/mol. The number of halogens is 1. The van der Waals surface area contributed by atoms with Crippen molar-refractivity contribution >= 4 is 23.4 Å². The molecule has 1 aromatic heterocycles. The van der Waals surface area contributed by atoms with Gasteiger partial charge in [-0.3, -0.25) is 0 Å². The Kier molecular flexibility index (Phi) is 4.54. The topological polar surface area (TPSA) is 16.4 Å². The quantitative estimate of drug-likeness (QED) is 0.808. The predicted octanol–water partition coefficient (Wildman–Crippen LogP) is 4.44. The van der Waals surface area contributed by atoms with Crippen molar-refractivity contribution in [2.45, 2.75) is 38.6 Å². The fraction of sp³-hybridized carbons (Fsp3) is 0.500. The van der Waals surface area contributed by atoms with E-state index in [0.29, 0.717) is 12.0 Å². The van der Waals surface area contributed by atoms with Gasteiger partial charge in [0.1, 0.15) is 11.3 Å². The van der Waals surface area contributed by atoms with E-state index in [9.17, 15) is 0 Å². The van der Waals surface area contributed by atoms with E-state index in [1.54, 1.807) is 0 Å². The molecule has 1 aromatic carbocycles. The molecule has 0 atom stereocenters. The molecule has 0 unspecified atom stereocenters. The normalized spacial score (nSPS) is 17.8. The lowest BCUT2D eigenvalue weighted by Crippen LogP contribution is -2.37. The van der Waals surface area contributed by atoms with E-state index in [1.165, 1.54) is 37.1 Å². The first kappa shape index (κ1) is 14.4. The van der Waals surface area contributed by atoms with Crippen LogP contribution in [0.25, 0.3) is 11.0 Å². The molecule has 104 valence electrons. The molecule has 2 aromatic rings. The number of para-hydroxylation sites is 1. The van der Waals surface area contributed by atoms with Gasteiger partial charge in [0.2, 0.25) is 0 Å². The zero-order valence-electron chi connectivity index (χ0n) is 11.6. The fourth-order valence-electron chi connectivity index (χ4n) is 2.90. The lowest BCUT2D eigenvalue weighted by Gasteiger charge is -2.33. The minimum atomic E-state index is 0. The maximum Gasteiger partial charge on any atom is 0.134 e. The van der Waals surface area contributed by atoms with Crippen LogP contribution in [0.4, 0.5) is 0 Å². The van der Waals surface area contributed by atoms with Gasteiger partial charge in [0.05, 0.1) is 0 Å². The molecule has 1 aliphatic rings. The number of furan rings is 1. The molecule has 0 aliphatic carbocycles. The minimum Gasteiger partial charge on any atom is -0.461 e. The van der Waals surface area contributed by atoms with Crippen LogP contribution in [0.3, 0.4) is 0 Å². The van der Waals surface area contributed by atoms with Crippen molar-refractivity contribution in [3.05, 3.63) is 36.1 Å². The highest BCUT2D eigenvalue weighted by molar-refractivity contribution is 5.85. The summed E-state index contributed by atoms with van der Waals surface area (Å²) in [5.41, 5.74) is 1.03. The van der Waals surface area contributed by atoms with Crippen molar-refractivity contribution in [1.29, 1.82) is 0 Å². The summed E-state index contributed by atoms with van der Waals surface area (Å²) in [5.74, 6) is 1.78. The van der Waals surface area contributed by atoms with Crippen LogP contribution in [0.5, 0.6) is 0 Å². The van der Waals surface area contributed by atoms with Gasteiger partial charge in [0.15, 0.2) is 0 Å². The molecule has 1 fully saturated rings. The van der Waals surface area contributed by atoms with Crippen molar-refractivity contribution in [1.82, 2.24) is 4.90 Å². The first-order chi connectivity index (χ1) is 8.74. The van der Waals surface area contributed by atoms with E-state index in [0.717, 1.165) is 5.58 Å². The molecule has 0 N–H and O–H groups in total. The molecule has 3 heteroatoms. The number of rotatable bonds is 2. The highest BCUT2D eigenvalue weighted by Gasteiger charge is 2.24. The first-order valence-corrected chi connectivity index (χ1v) is 6.96. The van der Waals surface area contributed by atoms with Gasteiger partial charge in [0, 0.05) is 17.3 Å².